The zero-order valence-electron chi connectivity index (χ0n) is 25.3. The van der Waals surface area contributed by atoms with Crippen molar-refractivity contribution < 1.29 is 54.2 Å². The highest BCUT2D eigenvalue weighted by molar-refractivity contribution is 5.76. The summed E-state index contributed by atoms with van der Waals surface area (Å²) in [6.07, 6.45) is -11.7. The number of carbonyl (C=O) groups excluding carboxylic acids is 2. The van der Waals surface area contributed by atoms with Gasteiger partial charge in [0.2, 0.25) is 0 Å². The Labute approximate surface area is 266 Å². The van der Waals surface area contributed by atoms with Crippen LogP contribution in [0.1, 0.15) is 54.9 Å². The van der Waals surface area contributed by atoms with Crippen LogP contribution < -0.4 is 15.4 Å². The van der Waals surface area contributed by atoms with Gasteiger partial charge in [-0.1, -0.05) is 61.0 Å². The summed E-state index contributed by atoms with van der Waals surface area (Å²) in [5, 5.41) is 4.20. The molecule has 0 spiro atoms. The zero-order valence-corrected chi connectivity index (χ0v) is 25.3. The van der Waals surface area contributed by atoms with E-state index < -0.39 is 48.4 Å². The summed E-state index contributed by atoms with van der Waals surface area (Å²) in [6.45, 7) is 0.254. The van der Waals surface area contributed by atoms with Crippen molar-refractivity contribution in [3.8, 4) is 5.75 Å². The van der Waals surface area contributed by atoms with Crippen molar-refractivity contribution in [1.82, 2.24) is 10.6 Å². The molecule has 1 atom stereocenters. The predicted molar refractivity (Wildman–Crippen MR) is 157 cm³/mol. The monoisotopic (exact) mass is 674 g/mol. The van der Waals surface area contributed by atoms with Crippen LogP contribution in [0.5, 0.6) is 5.75 Å². The number of hydrogen-bond donors (Lipinski definition) is 2. The summed E-state index contributed by atoms with van der Waals surface area (Å²) in [6, 6.07) is 15.5. The Morgan fingerprint density at radius 3 is 2.19 bits per heavy atom. The van der Waals surface area contributed by atoms with Gasteiger partial charge in [0.15, 0.2) is 0 Å². The molecule has 47 heavy (non-hydrogen) atoms. The molecule has 0 radical (unpaired) electrons. The van der Waals surface area contributed by atoms with Gasteiger partial charge >= 0.3 is 30.7 Å². The van der Waals surface area contributed by atoms with Crippen LogP contribution in [0.4, 0.5) is 39.9 Å². The molecule has 3 aromatic carbocycles. The van der Waals surface area contributed by atoms with Gasteiger partial charge in [-0.05, 0) is 60.6 Å². The van der Waals surface area contributed by atoms with E-state index in [0.29, 0.717) is 42.9 Å². The van der Waals surface area contributed by atoms with E-state index in [0.717, 1.165) is 12.1 Å². The quantitative estimate of drug-likeness (QED) is 0.0916. The number of benzene rings is 3. The molecule has 0 aromatic heterocycles. The molecule has 0 saturated carbocycles. The number of halogens is 8. The normalized spacial score (nSPS) is 13.1. The standard InChI is InChI=1S/C33H34F8N2O4/c1-2-46-28(44)15-8-4-5-10-22-13-9-14-24(16-22)31(20-23-11-6-3-7-12-23,43-30(45)42-21-32(37,38)39)25-17-26(34)19-27(18-25)47-33(40,41)29(35)36/h3,6-7,9,11-14,16-19,29H,2,4-5,8,10,15,20-21H2,1H3,(H2,42,43,45). The fourth-order valence-electron chi connectivity index (χ4n) is 4.95. The van der Waals surface area contributed by atoms with E-state index in [4.69, 9.17) is 4.74 Å². The van der Waals surface area contributed by atoms with E-state index in [-0.39, 0.29) is 36.5 Å². The third kappa shape index (κ3) is 11.4. The number of amides is 2. The first-order chi connectivity index (χ1) is 22.1. The van der Waals surface area contributed by atoms with Crippen molar-refractivity contribution in [1.29, 1.82) is 0 Å². The summed E-state index contributed by atoms with van der Waals surface area (Å²) in [5.41, 5.74) is -0.778. The van der Waals surface area contributed by atoms with E-state index in [1.54, 1.807) is 60.8 Å². The lowest BCUT2D eigenvalue weighted by Gasteiger charge is -2.37. The van der Waals surface area contributed by atoms with Crippen LogP contribution in [-0.2, 0) is 27.9 Å². The van der Waals surface area contributed by atoms with E-state index in [1.807, 2.05) is 0 Å². The van der Waals surface area contributed by atoms with Crippen molar-refractivity contribution in [2.75, 3.05) is 13.2 Å². The van der Waals surface area contributed by atoms with Crippen molar-refractivity contribution in [2.45, 2.75) is 69.7 Å². The molecule has 2 N–H and O–H groups in total. The number of nitrogens with one attached hydrogen (secondary N) is 2. The maximum absolute atomic E-state index is 15.0. The molecule has 256 valence electrons. The summed E-state index contributed by atoms with van der Waals surface area (Å²) >= 11 is 0. The van der Waals surface area contributed by atoms with Gasteiger partial charge in [-0.15, -0.1) is 0 Å². The van der Waals surface area contributed by atoms with Crippen molar-refractivity contribution in [3.05, 3.63) is 101 Å². The third-order valence-electron chi connectivity index (χ3n) is 7.03. The molecule has 2 amide bonds. The van der Waals surface area contributed by atoms with Gasteiger partial charge in [-0.3, -0.25) is 4.79 Å². The molecule has 0 aliphatic carbocycles. The number of urea groups is 1. The highest BCUT2D eigenvalue weighted by atomic mass is 19.4. The van der Waals surface area contributed by atoms with Crippen molar-refractivity contribution >= 4 is 12.0 Å². The van der Waals surface area contributed by atoms with Gasteiger partial charge in [0.1, 0.15) is 18.1 Å². The van der Waals surface area contributed by atoms with Gasteiger partial charge in [0.05, 0.1) is 12.1 Å². The average Bonchev–Trinajstić information content (AvgIpc) is 2.99. The molecule has 0 fully saturated rings. The molecule has 3 rings (SSSR count). The first kappa shape index (κ1) is 37.1. The fourth-order valence-corrected chi connectivity index (χ4v) is 4.95. The highest BCUT2D eigenvalue weighted by Gasteiger charge is 2.45. The van der Waals surface area contributed by atoms with Crippen LogP contribution in [0.15, 0.2) is 72.8 Å². The van der Waals surface area contributed by atoms with Crippen LogP contribution in [-0.4, -0.2) is 43.9 Å². The number of ether oxygens (including phenoxy) is 2. The summed E-state index contributed by atoms with van der Waals surface area (Å²) < 4.78 is 117. The van der Waals surface area contributed by atoms with E-state index in [1.165, 1.54) is 6.07 Å². The van der Waals surface area contributed by atoms with Crippen LogP contribution in [0.3, 0.4) is 0 Å². The minimum absolute atomic E-state index is 0.227. The topological polar surface area (TPSA) is 76.7 Å². The number of aryl methyl sites for hydroxylation is 1. The van der Waals surface area contributed by atoms with Gasteiger partial charge in [-0.2, -0.15) is 30.7 Å². The molecule has 0 aliphatic rings. The van der Waals surface area contributed by atoms with E-state index in [2.05, 4.69) is 10.1 Å². The Bertz CT molecular complexity index is 1470. The van der Waals surface area contributed by atoms with Gasteiger partial charge < -0.3 is 20.1 Å². The largest absolute Gasteiger partial charge is 0.466 e. The third-order valence-corrected chi connectivity index (χ3v) is 7.03. The lowest BCUT2D eigenvalue weighted by atomic mass is 9.77. The Hall–Kier alpha value is -4.36. The maximum Gasteiger partial charge on any atom is 0.461 e. The number of esters is 1. The minimum atomic E-state index is -5.00. The number of alkyl halides is 7. The lowest BCUT2D eigenvalue weighted by Crippen LogP contribution is -2.53. The molecule has 1 unspecified atom stereocenters. The van der Waals surface area contributed by atoms with E-state index >= 15 is 4.39 Å². The van der Waals surface area contributed by atoms with Crippen molar-refractivity contribution in [3.63, 3.8) is 0 Å². The van der Waals surface area contributed by atoms with Gasteiger partial charge in [-0.25, -0.2) is 9.18 Å². The molecule has 0 bridgehead atoms. The predicted octanol–water partition coefficient (Wildman–Crippen LogP) is 8.08. The molecule has 14 heteroatoms. The van der Waals surface area contributed by atoms with E-state index in [9.17, 15) is 40.3 Å². The Morgan fingerprint density at radius 1 is 0.830 bits per heavy atom. The summed E-state index contributed by atoms with van der Waals surface area (Å²) in [4.78, 5) is 24.7. The second kappa shape index (κ2) is 16.5. The maximum atomic E-state index is 15.0. The SMILES string of the molecule is CCOC(=O)CCCCCc1cccc(C(Cc2ccccc2)(NC(=O)NCC(F)(F)F)c2cc(F)cc(OC(F)(F)C(F)F)c2)c1. The minimum Gasteiger partial charge on any atom is -0.466 e. The highest BCUT2D eigenvalue weighted by Crippen LogP contribution is 2.38. The van der Waals surface area contributed by atoms with Crippen LogP contribution in [0, 0.1) is 5.82 Å². The van der Waals surface area contributed by atoms with Crippen molar-refractivity contribution in [2.24, 2.45) is 0 Å². The first-order valence-corrected chi connectivity index (χ1v) is 14.7. The zero-order chi connectivity index (χ0) is 34.7. The fraction of sp³-hybridized carbons (Fsp3) is 0.394. The van der Waals surface area contributed by atoms with Gasteiger partial charge in [0.25, 0.3) is 0 Å². The molecule has 3 aromatic rings. The smallest absolute Gasteiger partial charge is 0.461 e. The summed E-state index contributed by atoms with van der Waals surface area (Å²) in [5.74, 6) is -2.52. The Kier molecular flexibility index (Phi) is 13.0. The number of carbonyl (C=O) groups is 2. The summed E-state index contributed by atoms with van der Waals surface area (Å²) in [7, 11) is 0. The Morgan fingerprint density at radius 2 is 1.53 bits per heavy atom. The average molecular weight is 675 g/mol. The van der Waals surface area contributed by atoms with Crippen LogP contribution in [0.25, 0.3) is 0 Å². The Balaban J connectivity index is 2.11. The number of hydrogen-bond acceptors (Lipinski definition) is 4. The molecule has 6 nitrogen and oxygen atoms in total. The first-order valence-electron chi connectivity index (χ1n) is 14.7. The van der Waals surface area contributed by atoms with Crippen LogP contribution in [0.2, 0.25) is 0 Å². The molecular weight excluding hydrogens is 640 g/mol. The number of unbranched alkanes of at least 4 members (excludes halogenated alkanes) is 2. The lowest BCUT2D eigenvalue weighted by molar-refractivity contribution is -0.253. The molecule has 0 heterocycles. The number of rotatable bonds is 16. The van der Waals surface area contributed by atoms with Gasteiger partial charge in [0, 0.05) is 18.9 Å². The second-order valence-corrected chi connectivity index (χ2v) is 10.7. The molecular formula is C33H34F8N2O4. The molecule has 0 aliphatic heterocycles. The molecule has 0 saturated heterocycles. The van der Waals surface area contributed by atoms with Crippen LogP contribution >= 0.6 is 0 Å². The second-order valence-electron chi connectivity index (χ2n) is 10.7.